The smallest absolute Gasteiger partial charge is 0.141 e. The van der Waals surface area contributed by atoms with E-state index in [9.17, 15) is 0 Å². The van der Waals surface area contributed by atoms with Gasteiger partial charge in [0.2, 0.25) is 0 Å². The Morgan fingerprint density at radius 3 is 2.81 bits per heavy atom. The number of nitrogens with two attached hydrogens (primary N) is 1. The van der Waals surface area contributed by atoms with Gasteiger partial charge >= 0.3 is 0 Å². The fourth-order valence-electron chi connectivity index (χ4n) is 1.38. The molecule has 0 saturated carbocycles. The molecule has 1 aromatic rings. The van der Waals surface area contributed by atoms with E-state index >= 15 is 0 Å². The number of rotatable bonds is 5. The van der Waals surface area contributed by atoms with Crippen molar-refractivity contribution in [1.29, 1.82) is 0 Å². The molecule has 0 spiro atoms. The average Bonchev–Trinajstić information content (AvgIpc) is 2.15. The maximum atomic E-state index is 5.79. The first-order valence-electron chi connectivity index (χ1n) is 5.48. The van der Waals surface area contributed by atoms with Crippen LogP contribution in [0, 0.1) is 6.92 Å². The lowest BCUT2D eigenvalue weighted by atomic mass is 10.1. The van der Waals surface area contributed by atoms with Gasteiger partial charge in [0.25, 0.3) is 0 Å². The van der Waals surface area contributed by atoms with Crippen molar-refractivity contribution in [2.24, 2.45) is 5.73 Å². The van der Waals surface area contributed by atoms with Crippen molar-refractivity contribution in [2.45, 2.75) is 33.2 Å². The van der Waals surface area contributed by atoms with Crippen LogP contribution in [-0.2, 0) is 6.42 Å². The van der Waals surface area contributed by atoms with E-state index < -0.39 is 0 Å². The molecule has 0 amide bonds. The summed E-state index contributed by atoms with van der Waals surface area (Å²) < 4.78 is 5.64. The van der Waals surface area contributed by atoms with Crippen molar-refractivity contribution in [3.8, 4) is 5.75 Å². The molecule has 1 atom stereocenters. The first-order chi connectivity index (χ1) is 7.49. The number of aryl methyl sites for hydroxylation is 1. The predicted molar refractivity (Wildman–Crippen MR) is 66.6 cm³/mol. The molecule has 0 fully saturated rings. The van der Waals surface area contributed by atoms with Crippen molar-refractivity contribution in [2.75, 3.05) is 6.61 Å². The third-order valence-corrected chi connectivity index (χ3v) is 2.06. The maximum Gasteiger partial charge on any atom is 0.141 e. The Morgan fingerprint density at radius 1 is 1.56 bits per heavy atom. The first kappa shape index (κ1) is 12.7. The zero-order chi connectivity index (χ0) is 12.1. The molecular weight excluding hydrogens is 200 g/mol. The monoisotopic (exact) mass is 220 g/mol. The third kappa shape index (κ3) is 4.03. The molecule has 1 unspecified atom stereocenters. The second-order valence-electron chi connectivity index (χ2n) is 4.32. The topological polar surface area (TPSA) is 48.1 Å². The summed E-state index contributed by atoms with van der Waals surface area (Å²) in [6, 6.07) is 3.98. The number of pyridine rings is 1. The van der Waals surface area contributed by atoms with Gasteiger partial charge < -0.3 is 10.5 Å². The van der Waals surface area contributed by atoms with Gasteiger partial charge in [0.05, 0.1) is 5.69 Å². The average molecular weight is 220 g/mol. The summed E-state index contributed by atoms with van der Waals surface area (Å²) in [6.45, 7) is 10.2. The van der Waals surface area contributed by atoms with Crippen LogP contribution in [0.25, 0.3) is 0 Å². The fraction of sp³-hybridized carbons (Fsp3) is 0.462. The highest BCUT2D eigenvalue weighted by Gasteiger charge is 2.08. The summed E-state index contributed by atoms with van der Waals surface area (Å²) in [4.78, 5) is 4.46. The molecule has 0 aliphatic rings. The molecule has 0 aliphatic heterocycles. The van der Waals surface area contributed by atoms with E-state index in [0.29, 0.717) is 6.61 Å². The zero-order valence-electron chi connectivity index (χ0n) is 10.3. The molecule has 1 heterocycles. The Balaban J connectivity index is 2.84. The molecule has 0 saturated heterocycles. The van der Waals surface area contributed by atoms with Crippen LogP contribution in [0.4, 0.5) is 0 Å². The number of ether oxygens (including phenoxy) is 1. The zero-order valence-corrected chi connectivity index (χ0v) is 10.3. The Bertz CT molecular complexity index is 372. The second-order valence-corrected chi connectivity index (χ2v) is 4.32. The largest absolute Gasteiger partial charge is 0.487 e. The van der Waals surface area contributed by atoms with Crippen LogP contribution >= 0.6 is 0 Å². The second kappa shape index (κ2) is 5.66. The summed E-state index contributed by atoms with van der Waals surface area (Å²) >= 11 is 0. The number of nitrogens with zero attached hydrogens (tertiary/aromatic N) is 1. The van der Waals surface area contributed by atoms with Crippen LogP contribution in [0.15, 0.2) is 24.3 Å². The van der Waals surface area contributed by atoms with Gasteiger partial charge in [-0.15, -0.1) is 0 Å². The maximum absolute atomic E-state index is 5.79. The molecule has 2 N–H and O–H groups in total. The van der Waals surface area contributed by atoms with Crippen LogP contribution in [0.2, 0.25) is 0 Å². The van der Waals surface area contributed by atoms with Crippen molar-refractivity contribution < 1.29 is 4.74 Å². The molecule has 0 aromatic carbocycles. The predicted octanol–water partition coefficient (Wildman–Crippen LogP) is 2.23. The highest BCUT2D eigenvalue weighted by molar-refractivity contribution is 5.30. The molecule has 3 nitrogen and oxygen atoms in total. The molecule has 0 bridgehead atoms. The van der Waals surface area contributed by atoms with Crippen molar-refractivity contribution >= 4 is 0 Å². The summed E-state index contributed by atoms with van der Waals surface area (Å²) in [7, 11) is 0. The van der Waals surface area contributed by atoms with E-state index in [1.165, 1.54) is 0 Å². The Morgan fingerprint density at radius 2 is 2.25 bits per heavy atom. The van der Waals surface area contributed by atoms with Gasteiger partial charge in [0.15, 0.2) is 0 Å². The van der Waals surface area contributed by atoms with Gasteiger partial charge in [-0.1, -0.05) is 6.58 Å². The quantitative estimate of drug-likeness (QED) is 0.774. The van der Waals surface area contributed by atoms with Gasteiger partial charge in [0, 0.05) is 18.2 Å². The minimum atomic E-state index is 0.0847. The van der Waals surface area contributed by atoms with Gasteiger partial charge in [0.1, 0.15) is 12.4 Å². The van der Waals surface area contributed by atoms with E-state index in [1.54, 1.807) is 0 Å². The van der Waals surface area contributed by atoms with Crippen LogP contribution < -0.4 is 10.5 Å². The van der Waals surface area contributed by atoms with Crippen molar-refractivity contribution in [3.05, 3.63) is 35.7 Å². The van der Waals surface area contributed by atoms with E-state index in [2.05, 4.69) is 11.6 Å². The lowest BCUT2D eigenvalue weighted by Crippen LogP contribution is -2.19. The van der Waals surface area contributed by atoms with E-state index in [-0.39, 0.29) is 6.04 Å². The lowest BCUT2D eigenvalue weighted by Gasteiger charge is -2.12. The highest BCUT2D eigenvalue weighted by atomic mass is 16.5. The van der Waals surface area contributed by atoms with E-state index in [4.69, 9.17) is 10.5 Å². The van der Waals surface area contributed by atoms with Crippen molar-refractivity contribution in [1.82, 2.24) is 4.98 Å². The summed E-state index contributed by atoms with van der Waals surface area (Å²) in [5, 5.41) is 0. The normalized spacial score (nSPS) is 12.2. The molecule has 1 rings (SSSR count). The van der Waals surface area contributed by atoms with Gasteiger partial charge in [-0.05, 0) is 38.5 Å². The summed E-state index contributed by atoms with van der Waals surface area (Å²) in [6.07, 6.45) is 0.729. The van der Waals surface area contributed by atoms with Gasteiger partial charge in [-0.2, -0.15) is 0 Å². The van der Waals surface area contributed by atoms with Crippen LogP contribution in [0.5, 0.6) is 5.75 Å². The van der Waals surface area contributed by atoms with E-state index in [1.807, 2.05) is 32.9 Å². The Hall–Kier alpha value is -1.35. The minimum Gasteiger partial charge on any atom is -0.487 e. The van der Waals surface area contributed by atoms with Gasteiger partial charge in [-0.3, -0.25) is 4.98 Å². The minimum absolute atomic E-state index is 0.0847. The molecule has 0 radical (unpaired) electrons. The fourth-order valence-corrected chi connectivity index (χ4v) is 1.38. The third-order valence-electron chi connectivity index (χ3n) is 2.06. The first-order valence-corrected chi connectivity index (χ1v) is 5.48. The van der Waals surface area contributed by atoms with Gasteiger partial charge in [-0.25, -0.2) is 0 Å². The molecule has 1 aromatic heterocycles. The summed E-state index contributed by atoms with van der Waals surface area (Å²) in [5.74, 6) is 0.811. The Labute approximate surface area is 97.3 Å². The van der Waals surface area contributed by atoms with Crippen LogP contribution in [0.1, 0.15) is 25.2 Å². The Kier molecular flexibility index (Phi) is 4.50. The standard InChI is InChI=1S/C13H20N2O/c1-9(2)8-16-13-6-5-11(4)15-12(13)7-10(3)14/h5-6,10H,1,7-8,14H2,2-4H3. The van der Waals surface area contributed by atoms with Crippen LogP contribution in [0.3, 0.4) is 0 Å². The molecular formula is C13H20N2O. The highest BCUT2D eigenvalue weighted by Crippen LogP contribution is 2.18. The SMILES string of the molecule is C=C(C)COc1ccc(C)nc1CC(C)N. The summed E-state index contributed by atoms with van der Waals surface area (Å²) in [5.41, 5.74) is 8.69. The van der Waals surface area contributed by atoms with Crippen LogP contribution in [-0.4, -0.2) is 17.6 Å². The lowest BCUT2D eigenvalue weighted by molar-refractivity contribution is 0.345. The van der Waals surface area contributed by atoms with Crippen molar-refractivity contribution in [3.63, 3.8) is 0 Å². The number of hydrogen-bond donors (Lipinski definition) is 1. The number of hydrogen-bond acceptors (Lipinski definition) is 3. The molecule has 0 aliphatic carbocycles. The molecule has 16 heavy (non-hydrogen) atoms. The number of aromatic nitrogens is 1. The molecule has 3 heteroatoms. The van der Waals surface area contributed by atoms with E-state index in [0.717, 1.165) is 29.1 Å². The molecule has 88 valence electrons.